The Balaban J connectivity index is 2.72. The molecular formula is C9H11F2NO2. The molecule has 3 nitrogen and oxygen atoms in total. The van der Waals surface area contributed by atoms with E-state index in [1.807, 2.05) is 0 Å². The average Bonchev–Trinajstić information content (AvgIpc) is 2.10. The first kappa shape index (κ1) is 10.8. The lowest BCUT2D eigenvalue weighted by Crippen LogP contribution is -2.39. The maximum Gasteiger partial charge on any atom is 0.320 e. The van der Waals surface area contributed by atoms with Gasteiger partial charge in [0, 0.05) is 12.8 Å². The highest BCUT2D eigenvalue weighted by molar-refractivity contribution is 5.73. The predicted octanol–water partition coefficient (Wildman–Crippen LogP) is 1.31. The van der Waals surface area contributed by atoms with Crippen molar-refractivity contribution in [1.29, 1.82) is 0 Å². The summed E-state index contributed by atoms with van der Waals surface area (Å²) in [6, 6.07) is -1.38. The molecule has 1 unspecified atom stereocenters. The third-order valence-electron chi connectivity index (χ3n) is 2.11. The van der Waals surface area contributed by atoms with E-state index >= 15 is 0 Å². The van der Waals surface area contributed by atoms with E-state index in [1.54, 1.807) is 0 Å². The topological polar surface area (TPSA) is 63.3 Å². The van der Waals surface area contributed by atoms with Crippen LogP contribution in [-0.4, -0.2) is 22.8 Å². The molecule has 0 radical (unpaired) electrons. The second kappa shape index (κ2) is 3.88. The number of aliphatic carboxylic acids is 1. The number of carboxylic acids is 1. The predicted molar refractivity (Wildman–Crippen MR) is 47.0 cm³/mol. The van der Waals surface area contributed by atoms with Crippen molar-refractivity contribution in [1.82, 2.24) is 0 Å². The molecule has 0 spiro atoms. The Labute approximate surface area is 79.9 Å². The van der Waals surface area contributed by atoms with Crippen LogP contribution in [0, 0.1) is 0 Å². The first-order valence-corrected chi connectivity index (χ1v) is 4.16. The molecule has 0 amide bonds. The van der Waals surface area contributed by atoms with Crippen LogP contribution in [0.1, 0.15) is 12.8 Å². The van der Waals surface area contributed by atoms with Crippen molar-refractivity contribution in [3.05, 3.63) is 24.1 Å². The highest BCUT2D eigenvalue weighted by Gasteiger charge is 2.38. The average molecular weight is 203 g/mol. The summed E-state index contributed by atoms with van der Waals surface area (Å²) in [6.45, 7) is 0. The van der Waals surface area contributed by atoms with Crippen molar-refractivity contribution in [3.63, 3.8) is 0 Å². The minimum atomic E-state index is -2.26. The van der Waals surface area contributed by atoms with Crippen molar-refractivity contribution in [2.45, 2.75) is 24.6 Å². The van der Waals surface area contributed by atoms with Gasteiger partial charge in [-0.25, -0.2) is 8.78 Å². The number of carboxylic acid groups (broad SMARTS) is 1. The van der Waals surface area contributed by atoms with Crippen LogP contribution in [0.25, 0.3) is 0 Å². The van der Waals surface area contributed by atoms with Gasteiger partial charge in [-0.1, -0.05) is 12.2 Å². The number of hydrogen-bond donors (Lipinski definition) is 2. The molecule has 3 N–H and O–H groups in total. The molecule has 78 valence electrons. The van der Waals surface area contributed by atoms with Crippen LogP contribution in [0.5, 0.6) is 0 Å². The van der Waals surface area contributed by atoms with E-state index in [0.717, 1.165) is 6.08 Å². The molecule has 0 fully saturated rings. The normalized spacial score (nSPS) is 28.4. The van der Waals surface area contributed by atoms with Gasteiger partial charge in [-0.3, -0.25) is 4.79 Å². The monoisotopic (exact) mass is 203 g/mol. The molecule has 0 aliphatic heterocycles. The summed E-state index contributed by atoms with van der Waals surface area (Å²) < 4.78 is 26.8. The third kappa shape index (κ3) is 2.17. The van der Waals surface area contributed by atoms with E-state index in [9.17, 15) is 13.6 Å². The third-order valence-corrected chi connectivity index (χ3v) is 2.11. The highest BCUT2D eigenvalue weighted by atomic mass is 19.2. The fraction of sp³-hybridized carbons (Fsp3) is 0.444. The first-order valence-electron chi connectivity index (χ1n) is 4.16. The summed E-state index contributed by atoms with van der Waals surface area (Å²) >= 11 is 0. The van der Waals surface area contributed by atoms with Crippen molar-refractivity contribution in [2.24, 2.45) is 5.73 Å². The number of halogens is 2. The zero-order valence-electron chi connectivity index (χ0n) is 7.41. The number of alkyl halides is 1. The number of allylic oxidation sites excluding steroid dienone is 4. The van der Waals surface area contributed by atoms with Crippen LogP contribution < -0.4 is 5.73 Å². The smallest absolute Gasteiger partial charge is 0.320 e. The Morgan fingerprint density at radius 1 is 1.79 bits per heavy atom. The van der Waals surface area contributed by atoms with Gasteiger partial charge >= 0.3 is 5.97 Å². The molecule has 1 aliphatic rings. The van der Waals surface area contributed by atoms with Gasteiger partial charge in [0.05, 0.1) is 0 Å². The molecule has 0 bridgehead atoms. The molecule has 0 saturated heterocycles. The summed E-state index contributed by atoms with van der Waals surface area (Å²) in [5.74, 6) is -2.29. The van der Waals surface area contributed by atoms with E-state index in [0.29, 0.717) is 0 Å². The maximum atomic E-state index is 13.7. The summed E-state index contributed by atoms with van der Waals surface area (Å²) in [5.41, 5.74) is 2.88. The molecule has 14 heavy (non-hydrogen) atoms. The summed E-state index contributed by atoms with van der Waals surface area (Å²) in [4.78, 5) is 10.4. The second-order valence-electron chi connectivity index (χ2n) is 3.26. The van der Waals surface area contributed by atoms with Gasteiger partial charge in [0.1, 0.15) is 11.9 Å². The van der Waals surface area contributed by atoms with Crippen LogP contribution in [-0.2, 0) is 4.79 Å². The number of hydrogen-bond acceptors (Lipinski definition) is 2. The molecule has 1 rings (SSSR count). The van der Waals surface area contributed by atoms with Gasteiger partial charge in [0.25, 0.3) is 0 Å². The van der Waals surface area contributed by atoms with Crippen LogP contribution in [0.3, 0.4) is 0 Å². The van der Waals surface area contributed by atoms with Crippen LogP contribution in [0.15, 0.2) is 24.1 Å². The quantitative estimate of drug-likeness (QED) is 0.726. The molecule has 0 aromatic rings. The molecule has 0 saturated carbocycles. The number of rotatable bonds is 3. The van der Waals surface area contributed by atoms with E-state index < -0.39 is 29.9 Å². The van der Waals surface area contributed by atoms with Gasteiger partial charge < -0.3 is 10.8 Å². The van der Waals surface area contributed by atoms with Gasteiger partial charge in [0.15, 0.2) is 5.67 Å². The van der Waals surface area contributed by atoms with Gasteiger partial charge in [-0.15, -0.1) is 0 Å². The van der Waals surface area contributed by atoms with Crippen molar-refractivity contribution >= 4 is 5.97 Å². The van der Waals surface area contributed by atoms with E-state index in [-0.39, 0.29) is 6.42 Å². The lowest BCUT2D eigenvalue weighted by atomic mass is 9.89. The van der Waals surface area contributed by atoms with E-state index in [1.165, 1.54) is 12.2 Å². The molecule has 5 heteroatoms. The lowest BCUT2D eigenvalue weighted by Gasteiger charge is -2.25. The van der Waals surface area contributed by atoms with E-state index in [4.69, 9.17) is 10.8 Å². The molecule has 0 heterocycles. The Hall–Kier alpha value is -1.23. The zero-order valence-corrected chi connectivity index (χ0v) is 7.41. The summed E-state index contributed by atoms with van der Waals surface area (Å²) in [5, 5.41) is 8.46. The van der Waals surface area contributed by atoms with Crippen molar-refractivity contribution in [2.75, 3.05) is 0 Å². The highest BCUT2D eigenvalue weighted by Crippen LogP contribution is 2.34. The largest absolute Gasteiger partial charge is 0.480 e. The van der Waals surface area contributed by atoms with Crippen molar-refractivity contribution < 1.29 is 18.7 Å². The maximum absolute atomic E-state index is 13.7. The molecule has 0 aromatic heterocycles. The standard InChI is InChI=1S/C9H11F2NO2/c10-7-3-1-2-4-9(7,11)5-6(12)8(13)14/h1-3,6H,4-5,12H2,(H,13,14)/t6-,9?/m0/s1. The number of carbonyl (C=O) groups is 1. The Morgan fingerprint density at radius 2 is 2.43 bits per heavy atom. The first-order chi connectivity index (χ1) is 6.46. The molecule has 1 aliphatic carbocycles. The van der Waals surface area contributed by atoms with Gasteiger partial charge in [0.2, 0.25) is 0 Å². The van der Waals surface area contributed by atoms with Crippen LogP contribution in [0.4, 0.5) is 8.78 Å². The summed E-state index contributed by atoms with van der Waals surface area (Å²) in [7, 11) is 0. The minimum absolute atomic E-state index is 0.170. The zero-order chi connectivity index (χ0) is 10.8. The van der Waals surface area contributed by atoms with Gasteiger partial charge in [-0.05, 0) is 6.08 Å². The fourth-order valence-corrected chi connectivity index (χ4v) is 1.27. The Bertz CT molecular complexity index is 301. The van der Waals surface area contributed by atoms with E-state index in [2.05, 4.69) is 0 Å². The van der Waals surface area contributed by atoms with Gasteiger partial charge in [-0.2, -0.15) is 0 Å². The fourth-order valence-electron chi connectivity index (χ4n) is 1.27. The second-order valence-corrected chi connectivity index (χ2v) is 3.26. The molecular weight excluding hydrogens is 192 g/mol. The van der Waals surface area contributed by atoms with Crippen molar-refractivity contribution in [3.8, 4) is 0 Å². The Morgan fingerprint density at radius 3 is 2.93 bits per heavy atom. The minimum Gasteiger partial charge on any atom is -0.480 e. The lowest BCUT2D eigenvalue weighted by molar-refractivity contribution is -0.139. The molecule has 0 aromatic carbocycles. The number of nitrogens with two attached hydrogens (primary N) is 1. The molecule has 2 atom stereocenters. The Kier molecular flexibility index (Phi) is 3.00. The van der Waals surface area contributed by atoms with Crippen LogP contribution >= 0.6 is 0 Å². The summed E-state index contributed by atoms with van der Waals surface area (Å²) in [6.07, 6.45) is 3.10. The van der Waals surface area contributed by atoms with Crippen LogP contribution in [0.2, 0.25) is 0 Å². The SMILES string of the molecule is N[C@@H](CC1(F)CC=CC=C1F)C(=O)O.